The minimum atomic E-state index is -3.33. The first-order chi connectivity index (χ1) is 7.86. The first-order valence-electron chi connectivity index (χ1n) is 5.07. The first-order valence-corrected chi connectivity index (χ1v) is 6.92. The standard InChI is InChI=1S/C11H15NO4S/c1-4-16-11(13)9-6-5-7-10(8-9)12(2)17(3,14)15/h5-8H,4H2,1-3H3. The molecule has 0 unspecified atom stereocenters. The highest BCUT2D eigenvalue weighted by Gasteiger charge is 2.14. The number of benzene rings is 1. The maximum absolute atomic E-state index is 11.5. The van der Waals surface area contributed by atoms with Gasteiger partial charge in [-0.15, -0.1) is 0 Å². The van der Waals surface area contributed by atoms with Crippen molar-refractivity contribution in [1.29, 1.82) is 0 Å². The van der Waals surface area contributed by atoms with E-state index in [2.05, 4.69) is 0 Å². The predicted octanol–water partition coefficient (Wildman–Crippen LogP) is 1.26. The van der Waals surface area contributed by atoms with Crippen molar-refractivity contribution in [2.24, 2.45) is 0 Å². The van der Waals surface area contributed by atoms with Crippen LogP contribution in [0, 0.1) is 0 Å². The number of hydrogen-bond acceptors (Lipinski definition) is 4. The zero-order valence-electron chi connectivity index (χ0n) is 10.0. The molecule has 0 atom stereocenters. The monoisotopic (exact) mass is 257 g/mol. The molecule has 0 saturated heterocycles. The van der Waals surface area contributed by atoms with Crippen LogP contribution in [0.25, 0.3) is 0 Å². The van der Waals surface area contributed by atoms with Crippen molar-refractivity contribution in [2.45, 2.75) is 6.92 Å². The molecule has 1 rings (SSSR count). The maximum Gasteiger partial charge on any atom is 0.338 e. The smallest absolute Gasteiger partial charge is 0.338 e. The Bertz CT molecular complexity index is 510. The Kier molecular flexibility index (Phi) is 4.11. The van der Waals surface area contributed by atoms with Crippen LogP contribution in [0.5, 0.6) is 0 Å². The number of ether oxygens (including phenoxy) is 1. The Hall–Kier alpha value is -1.56. The van der Waals surface area contributed by atoms with Crippen LogP contribution in [0.2, 0.25) is 0 Å². The molecule has 0 fully saturated rings. The summed E-state index contributed by atoms with van der Waals surface area (Å²) in [5.41, 5.74) is 0.762. The highest BCUT2D eigenvalue weighted by molar-refractivity contribution is 7.92. The fraction of sp³-hybridized carbons (Fsp3) is 0.364. The third-order valence-corrected chi connectivity index (χ3v) is 3.42. The summed E-state index contributed by atoms with van der Waals surface area (Å²) in [5, 5.41) is 0. The largest absolute Gasteiger partial charge is 0.462 e. The lowest BCUT2D eigenvalue weighted by Crippen LogP contribution is -2.25. The number of esters is 1. The Morgan fingerprint density at radius 2 is 2.06 bits per heavy atom. The molecule has 0 aliphatic rings. The van der Waals surface area contributed by atoms with Gasteiger partial charge in [-0.25, -0.2) is 13.2 Å². The third kappa shape index (κ3) is 3.45. The van der Waals surface area contributed by atoms with Gasteiger partial charge in [0.15, 0.2) is 0 Å². The van der Waals surface area contributed by atoms with Gasteiger partial charge in [0.05, 0.1) is 24.1 Å². The average Bonchev–Trinajstić information content (AvgIpc) is 2.27. The van der Waals surface area contributed by atoms with Crippen molar-refractivity contribution < 1.29 is 17.9 Å². The summed E-state index contributed by atoms with van der Waals surface area (Å²) in [5.74, 6) is -0.462. The average molecular weight is 257 g/mol. The van der Waals surface area contributed by atoms with Crippen molar-refractivity contribution in [3.05, 3.63) is 29.8 Å². The van der Waals surface area contributed by atoms with Crippen molar-refractivity contribution >= 4 is 21.7 Å². The summed E-state index contributed by atoms with van der Waals surface area (Å²) >= 11 is 0. The molecule has 94 valence electrons. The summed E-state index contributed by atoms with van der Waals surface area (Å²) in [7, 11) is -1.90. The number of hydrogen-bond donors (Lipinski definition) is 0. The van der Waals surface area contributed by atoms with Crippen LogP contribution in [0.4, 0.5) is 5.69 Å². The van der Waals surface area contributed by atoms with E-state index in [0.717, 1.165) is 10.6 Å². The highest BCUT2D eigenvalue weighted by Crippen LogP contribution is 2.17. The van der Waals surface area contributed by atoms with E-state index in [1.54, 1.807) is 25.1 Å². The number of sulfonamides is 1. The van der Waals surface area contributed by atoms with E-state index < -0.39 is 16.0 Å². The summed E-state index contributed by atoms with van der Waals surface area (Å²) in [6.45, 7) is 2.00. The minimum Gasteiger partial charge on any atom is -0.462 e. The quantitative estimate of drug-likeness (QED) is 0.762. The van der Waals surface area contributed by atoms with Gasteiger partial charge in [-0.05, 0) is 25.1 Å². The second-order valence-corrected chi connectivity index (χ2v) is 5.52. The van der Waals surface area contributed by atoms with Crippen LogP contribution in [0.15, 0.2) is 24.3 Å². The molecule has 1 aromatic carbocycles. The summed E-state index contributed by atoms with van der Waals surface area (Å²) < 4.78 is 28.6. The molecule has 0 aromatic heterocycles. The van der Waals surface area contributed by atoms with E-state index in [1.807, 2.05) is 0 Å². The number of rotatable bonds is 4. The zero-order valence-corrected chi connectivity index (χ0v) is 10.8. The number of nitrogens with zero attached hydrogens (tertiary/aromatic N) is 1. The first kappa shape index (κ1) is 13.5. The molecule has 1 aromatic rings. The van der Waals surface area contributed by atoms with Crippen LogP contribution >= 0.6 is 0 Å². The van der Waals surface area contributed by atoms with Gasteiger partial charge < -0.3 is 4.74 Å². The van der Waals surface area contributed by atoms with E-state index in [-0.39, 0.29) is 6.61 Å². The fourth-order valence-electron chi connectivity index (χ4n) is 1.23. The lowest BCUT2D eigenvalue weighted by molar-refractivity contribution is 0.0526. The molecule has 6 heteroatoms. The Morgan fingerprint density at radius 3 is 2.59 bits per heavy atom. The number of carbonyl (C=O) groups excluding carboxylic acids is 1. The second kappa shape index (κ2) is 5.18. The molecule has 17 heavy (non-hydrogen) atoms. The molecule has 0 aliphatic carbocycles. The van der Waals surface area contributed by atoms with Gasteiger partial charge in [0.2, 0.25) is 10.0 Å². The van der Waals surface area contributed by atoms with Crippen LogP contribution in [0.1, 0.15) is 17.3 Å². The van der Waals surface area contributed by atoms with Gasteiger partial charge in [-0.2, -0.15) is 0 Å². The third-order valence-electron chi connectivity index (χ3n) is 2.22. The number of carbonyl (C=O) groups is 1. The molecular formula is C11H15NO4S. The van der Waals surface area contributed by atoms with Crippen LogP contribution in [0.3, 0.4) is 0 Å². The molecule has 0 saturated carbocycles. The maximum atomic E-state index is 11.5. The van der Waals surface area contributed by atoms with Crippen molar-refractivity contribution in [1.82, 2.24) is 0 Å². The van der Waals surface area contributed by atoms with E-state index in [9.17, 15) is 13.2 Å². The normalized spacial score (nSPS) is 11.0. The Balaban J connectivity index is 3.05. The van der Waals surface area contributed by atoms with Gasteiger partial charge in [-0.1, -0.05) is 6.07 Å². The van der Waals surface area contributed by atoms with Gasteiger partial charge in [0, 0.05) is 7.05 Å². The number of anilines is 1. The summed E-state index contributed by atoms with van der Waals surface area (Å²) in [4.78, 5) is 11.5. The molecule has 0 amide bonds. The summed E-state index contributed by atoms with van der Waals surface area (Å²) in [6, 6.07) is 6.30. The van der Waals surface area contributed by atoms with Gasteiger partial charge in [-0.3, -0.25) is 4.31 Å². The topological polar surface area (TPSA) is 63.7 Å². The van der Waals surface area contributed by atoms with E-state index in [4.69, 9.17) is 4.74 Å². The molecular weight excluding hydrogens is 242 g/mol. The van der Waals surface area contributed by atoms with Crippen molar-refractivity contribution in [3.8, 4) is 0 Å². The fourth-order valence-corrected chi connectivity index (χ4v) is 1.73. The molecule has 0 spiro atoms. The molecule has 0 heterocycles. The molecule has 0 N–H and O–H groups in total. The van der Waals surface area contributed by atoms with Crippen LogP contribution in [-0.4, -0.2) is 34.3 Å². The second-order valence-electron chi connectivity index (χ2n) is 3.50. The lowest BCUT2D eigenvalue weighted by Gasteiger charge is -2.16. The Labute approximate surface area is 101 Å². The lowest BCUT2D eigenvalue weighted by atomic mass is 10.2. The Morgan fingerprint density at radius 1 is 1.41 bits per heavy atom. The molecule has 0 bridgehead atoms. The van der Waals surface area contributed by atoms with E-state index >= 15 is 0 Å². The van der Waals surface area contributed by atoms with Crippen molar-refractivity contribution in [2.75, 3.05) is 24.2 Å². The minimum absolute atomic E-state index is 0.283. The predicted molar refractivity (Wildman–Crippen MR) is 65.6 cm³/mol. The van der Waals surface area contributed by atoms with Crippen LogP contribution in [-0.2, 0) is 14.8 Å². The summed E-state index contributed by atoms with van der Waals surface area (Å²) in [6.07, 6.45) is 1.10. The zero-order chi connectivity index (χ0) is 13.1. The highest BCUT2D eigenvalue weighted by atomic mass is 32.2. The SMILES string of the molecule is CCOC(=O)c1cccc(N(C)S(C)(=O)=O)c1. The van der Waals surface area contributed by atoms with E-state index in [1.165, 1.54) is 13.1 Å². The van der Waals surface area contributed by atoms with Gasteiger partial charge in [0.25, 0.3) is 0 Å². The van der Waals surface area contributed by atoms with Crippen molar-refractivity contribution in [3.63, 3.8) is 0 Å². The molecule has 0 aliphatic heterocycles. The van der Waals surface area contributed by atoms with E-state index in [0.29, 0.717) is 11.3 Å². The van der Waals surface area contributed by atoms with Gasteiger partial charge in [0.1, 0.15) is 0 Å². The van der Waals surface area contributed by atoms with Gasteiger partial charge >= 0.3 is 5.97 Å². The molecule has 5 nitrogen and oxygen atoms in total. The molecule has 0 radical (unpaired) electrons. The van der Waals surface area contributed by atoms with Crippen LogP contribution < -0.4 is 4.31 Å².